The fourth-order valence-electron chi connectivity index (χ4n) is 4.56. The first-order valence-corrected chi connectivity index (χ1v) is 12.7. The first-order chi connectivity index (χ1) is 16.6. The summed E-state index contributed by atoms with van der Waals surface area (Å²) < 4.78 is 34.9. The van der Waals surface area contributed by atoms with Crippen molar-refractivity contribution < 1.29 is 22.7 Å². The lowest BCUT2D eigenvalue weighted by atomic mass is 10.2. The number of hydrogen-bond donors (Lipinski definition) is 0. The number of nitrogens with zero attached hydrogens (tertiary/aromatic N) is 5. The summed E-state index contributed by atoms with van der Waals surface area (Å²) in [6.45, 7) is 4.87. The predicted octanol–water partition coefficient (Wildman–Crippen LogP) is 3.11. The van der Waals surface area contributed by atoms with Gasteiger partial charge in [-0.2, -0.15) is 0 Å². The summed E-state index contributed by atoms with van der Waals surface area (Å²) in [5, 5.41) is 0.164. The average molecular weight is 516 g/mol. The van der Waals surface area contributed by atoms with Crippen molar-refractivity contribution >= 4 is 50.2 Å². The number of aromatic nitrogens is 4. The van der Waals surface area contributed by atoms with E-state index in [-0.39, 0.29) is 28.0 Å². The summed E-state index contributed by atoms with van der Waals surface area (Å²) in [5.74, 6) is -0.151. The van der Waals surface area contributed by atoms with Crippen molar-refractivity contribution in [2.24, 2.45) is 0 Å². The van der Waals surface area contributed by atoms with Crippen molar-refractivity contribution in [1.82, 2.24) is 23.2 Å². The molecule has 0 radical (unpaired) electrons. The van der Waals surface area contributed by atoms with E-state index in [0.29, 0.717) is 23.3 Å². The van der Waals surface area contributed by atoms with Gasteiger partial charge < -0.3 is 9.64 Å². The highest BCUT2D eigenvalue weighted by Crippen LogP contribution is 2.36. The second kappa shape index (κ2) is 8.35. The van der Waals surface area contributed by atoms with E-state index in [1.807, 2.05) is 6.92 Å². The van der Waals surface area contributed by atoms with Crippen LogP contribution in [0.1, 0.15) is 37.7 Å². The standard InChI is InChI=1S/C23H22ClN5O5S/c1-13-4-6-18(7-5-13)35(32,33)28-12-19(24)21-23(28)26-10-16-9-25-22(29(16)21)20-8-17(34-15(3)31)11-27(20)14(2)30/h4-7,9-10,12,17,20H,8,11H2,1-3H3/t17-,20-/m1/s1. The lowest BCUT2D eigenvalue weighted by molar-refractivity contribution is -0.146. The third kappa shape index (κ3) is 3.84. The normalized spacial score (nSPS) is 18.5. The summed E-state index contributed by atoms with van der Waals surface area (Å²) >= 11 is 6.58. The molecule has 5 rings (SSSR count). The number of benzene rings is 1. The highest BCUT2D eigenvalue weighted by atomic mass is 35.5. The number of esters is 1. The number of likely N-dealkylation sites (tertiary alicyclic amines) is 1. The van der Waals surface area contributed by atoms with Crippen LogP contribution in [0.2, 0.25) is 5.02 Å². The minimum absolute atomic E-state index is 0.104. The largest absolute Gasteiger partial charge is 0.461 e. The van der Waals surface area contributed by atoms with Gasteiger partial charge in [0.15, 0.2) is 5.65 Å². The van der Waals surface area contributed by atoms with Crippen molar-refractivity contribution in [3.63, 3.8) is 0 Å². The van der Waals surface area contributed by atoms with Crippen molar-refractivity contribution in [1.29, 1.82) is 0 Å². The maximum atomic E-state index is 13.4. The van der Waals surface area contributed by atoms with Gasteiger partial charge in [0.1, 0.15) is 17.4 Å². The zero-order valence-corrected chi connectivity index (χ0v) is 20.7. The quantitative estimate of drug-likeness (QED) is 0.383. The molecule has 0 unspecified atom stereocenters. The van der Waals surface area contributed by atoms with Crippen LogP contribution >= 0.6 is 11.6 Å². The fraction of sp³-hybridized carbons (Fsp3) is 0.304. The molecule has 0 saturated carbocycles. The SMILES string of the molecule is CC(=O)O[C@@H]1C[C@H](c2ncc3cnc4c(c(Cl)cn4S(=O)(=O)c4ccc(C)cc4)n23)N(C(C)=O)C1. The van der Waals surface area contributed by atoms with E-state index in [1.165, 1.54) is 38.4 Å². The fourth-order valence-corrected chi connectivity index (χ4v) is 6.19. The second-order valence-corrected chi connectivity index (χ2v) is 10.8. The Labute approximate surface area is 206 Å². The molecule has 10 nitrogen and oxygen atoms in total. The van der Waals surface area contributed by atoms with E-state index in [0.717, 1.165) is 9.54 Å². The minimum atomic E-state index is -3.98. The number of fused-ring (bicyclic) bond motifs is 3. The molecule has 1 amide bonds. The van der Waals surface area contributed by atoms with Gasteiger partial charge >= 0.3 is 5.97 Å². The summed E-state index contributed by atoms with van der Waals surface area (Å²) in [6, 6.07) is 6.00. The number of carbonyl (C=O) groups is 2. The molecule has 4 aromatic rings. The van der Waals surface area contributed by atoms with Crippen LogP contribution in [0, 0.1) is 6.92 Å². The van der Waals surface area contributed by atoms with Crippen LogP contribution < -0.4 is 0 Å². The molecule has 3 aromatic heterocycles. The Morgan fingerprint density at radius 1 is 1.11 bits per heavy atom. The molecule has 0 aliphatic carbocycles. The van der Waals surface area contributed by atoms with E-state index in [2.05, 4.69) is 9.97 Å². The summed E-state index contributed by atoms with van der Waals surface area (Å²) in [4.78, 5) is 34.5. The Kier molecular flexibility index (Phi) is 5.56. The van der Waals surface area contributed by atoms with Crippen LogP contribution in [0.25, 0.3) is 16.7 Å². The highest BCUT2D eigenvalue weighted by molar-refractivity contribution is 7.90. The first-order valence-electron chi connectivity index (χ1n) is 10.9. The molecule has 1 fully saturated rings. The minimum Gasteiger partial charge on any atom is -0.461 e. The van der Waals surface area contributed by atoms with Gasteiger partial charge in [0, 0.05) is 26.5 Å². The van der Waals surface area contributed by atoms with Crippen LogP contribution in [-0.4, -0.2) is 56.2 Å². The zero-order valence-electron chi connectivity index (χ0n) is 19.2. The molecule has 4 heterocycles. The molecular weight excluding hydrogens is 494 g/mol. The van der Waals surface area contributed by atoms with E-state index in [9.17, 15) is 18.0 Å². The first kappa shape index (κ1) is 23.3. The molecule has 0 bridgehead atoms. The average Bonchev–Trinajstić information content (AvgIpc) is 3.48. The Balaban J connectivity index is 1.68. The molecule has 1 aliphatic heterocycles. The van der Waals surface area contributed by atoms with E-state index in [1.54, 1.807) is 27.6 Å². The Hall–Kier alpha value is -3.44. The zero-order chi connectivity index (χ0) is 25.1. The third-order valence-electron chi connectivity index (χ3n) is 6.11. The Bertz CT molecular complexity index is 1590. The van der Waals surface area contributed by atoms with Gasteiger partial charge in [-0.1, -0.05) is 29.3 Å². The highest BCUT2D eigenvalue weighted by Gasteiger charge is 2.39. The molecule has 12 heteroatoms. The van der Waals surface area contributed by atoms with Crippen LogP contribution in [0.15, 0.2) is 47.8 Å². The maximum Gasteiger partial charge on any atom is 0.302 e. The van der Waals surface area contributed by atoms with Gasteiger partial charge in [-0.15, -0.1) is 0 Å². The number of ether oxygens (including phenoxy) is 1. The summed E-state index contributed by atoms with van der Waals surface area (Å²) in [7, 11) is -3.98. The lowest BCUT2D eigenvalue weighted by Crippen LogP contribution is -2.31. The van der Waals surface area contributed by atoms with E-state index in [4.69, 9.17) is 16.3 Å². The van der Waals surface area contributed by atoms with Gasteiger partial charge in [0.05, 0.1) is 40.4 Å². The van der Waals surface area contributed by atoms with Gasteiger partial charge in [-0.25, -0.2) is 22.4 Å². The van der Waals surface area contributed by atoms with Crippen LogP contribution in [0.5, 0.6) is 0 Å². The monoisotopic (exact) mass is 515 g/mol. The second-order valence-electron chi connectivity index (χ2n) is 8.55. The molecule has 1 aliphatic rings. The van der Waals surface area contributed by atoms with Crippen molar-refractivity contribution in [3.05, 3.63) is 59.3 Å². The van der Waals surface area contributed by atoms with Crippen LogP contribution in [0.4, 0.5) is 0 Å². The number of hydrogen-bond acceptors (Lipinski definition) is 7. The van der Waals surface area contributed by atoms with Crippen molar-refractivity contribution in [2.45, 2.75) is 44.2 Å². The van der Waals surface area contributed by atoms with Crippen molar-refractivity contribution in [2.75, 3.05) is 6.54 Å². The molecule has 35 heavy (non-hydrogen) atoms. The lowest BCUT2D eigenvalue weighted by Gasteiger charge is -2.22. The molecule has 2 atom stereocenters. The van der Waals surface area contributed by atoms with Crippen LogP contribution in [0.3, 0.4) is 0 Å². The number of amides is 1. The topological polar surface area (TPSA) is 116 Å². The third-order valence-corrected chi connectivity index (χ3v) is 8.05. The molecule has 182 valence electrons. The summed E-state index contributed by atoms with van der Waals surface area (Å²) in [6.07, 6.45) is 4.28. The van der Waals surface area contributed by atoms with E-state index < -0.39 is 28.1 Å². The molecular formula is C23H22ClN5O5S. The molecule has 1 saturated heterocycles. The Morgan fingerprint density at radius 2 is 1.80 bits per heavy atom. The van der Waals surface area contributed by atoms with Gasteiger partial charge in [0.2, 0.25) is 5.91 Å². The van der Waals surface area contributed by atoms with Crippen LogP contribution in [-0.2, 0) is 24.3 Å². The maximum absolute atomic E-state index is 13.4. The summed E-state index contributed by atoms with van der Waals surface area (Å²) in [5.41, 5.74) is 2.00. The van der Waals surface area contributed by atoms with Crippen molar-refractivity contribution in [3.8, 4) is 0 Å². The molecule has 1 aromatic carbocycles. The number of aryl methyl sites for hydroxylation is 1. The van der Waals surface area contributed by atoms with Gasteiger partial charge in [0.25, 0.3) is 10.0 Å². The van der Waals surface area contributed by atoms with Gasteiger partial charge in [-0.3, -0.25) is 14.0 Å². The number of rotatable bonds is 4. The number of imidazole rings is 1. The number of carbonyl (C=O) groups excluding carboxylic acids is 2. The number of halogens is 1. The smallest absolute Gasteiger partial charge is 0.302 e. The van der Waals surface area contributed by atoms with E-state index >= 15 is 0 Å². The molecule has 0 N–H and O–H groups in total. The van der Waals surface area contributed by atoms with Gasteiger partial charge in [-0.05, 0) is 19.1 Å². The molecule has 0 spiro atoms. The predicted molar refractivity (Wildman–Crippen MR) is 128 cm³/mol. The Morgan fingerprint density at radius 3 is 2.46 bits per heavy atom.